The van der Waals surface area contributed by atoms with E-state index in [1.807, 2.05) is 6.92 Å². The quantitative estimate of drug-likeness (QED) is 0.627. The van der Waals surface area contributed by atoms with Gasteiger partial charge >= 0.3 is 0 Å². The maximum absolute atomic E-state index is 12.5. The zero-order valence-electron chi connectivity index (χ0n) is 13.7. The van der Waals surface area contributed by atoms with Gasteiger partial charge in [-0.3, -0.25) is 14.4 Å². The third kappa shape index (κ3) is 3.56. The number of Topliss-reactive ketones (excluding diaryl/α,β-unsaturated/α-hetero) is 1. The van der Waals surface area contributed by atoms with E-state index in [-0.39, 0.29) is 18.5 Å². The number of hydrogen-bond acceptors (Lipinski definition) is 3. The molecular weight excluding hydrogens is 340 g/mol. The second-order valence-corrected chi connectivity index (χ2v) is 6.40. The Morgan fingerprint density at radius 2 is 1.80 bits per heavy atom. The number of anilines is 1. The Labute approximate surface area is 150 Å². The van der Waals surface area contributed by atoms with E-state index in [4.69, 9.17) is 11.6 Å². The van der Waals surface area contributed by atoms with Gasteiger partial charge in [-0.25, -0.2) is 0 Å². The van der Waals surface area contributed by atoms with Crippen molar-refractivity contribution in [2.45, 2.75) is 13.0 Å². The molecule has 1 heterocycles. The Bertz CT molecular complexity index is 822. The highest BCUT2D eigenvalue weighted by Crippen LogP contribution is 2.23. The van der Waals surface area contributed by atoms with Crippen LogP contribution < -0.4 is 4.90 Å². The van der Waals surface area contributed by atoms with Crippen molar-refractivity contribution in [3.63, 3.8) is 0 Å². The smallest absolute Gasteiger partial charge is 0.295 e. The Kier molecular flexibility index (Phi) is 4.86. The third-order valence-corrected chi connectivity index (χ3v) is 4.43. The molecule has 0 aliphatic carbocycles. The molecule has 1 fully saturated rings. The van der Waals surface area contributed by atoms with Gasteiger partial charge in [0.15, 0.2) is 0 Å². The first-order valence-electron chi connectivity index (χ1n) is 7.93. The predicted octanol–water partition coefficient (Wildman–Crippen LogP) is 2.79. The van der Waals surface area contributed by atoms with E-state index in [0.29, 0.717) is 22.8 Å². The number of amides is 2. The number of carbonyl (C=O) groups excluding carboxylic acids is 3. The summed E-state index contributed by atoms with van der Waals surface area (Å²) in [5, 5.41) is 0.538. The molecular formula is C19H17ClN2O3. The van der Waals surface area contributed by atoms with Crippen molar-refractivity contribution in [1.82, 2.24) is 4.90 Å². The summed E-state index contributed by atoms with van der Waals surface area (Å²) in [4.78, 5) is 40.3. The van der Waals surface area contributed by atoms with Crippen molar-refractivity contribution >= 4 is 34.9 Å². The van der Waals surface area contributed by atoms with Gasteiger partial charge in [0.05, 0.1) is 0 Å². The average molecular weight is 357 g/mol. The van der Waals surface area contributed by atoms with Crippen LogP contribution in [0.4, 0.5) is 5.69 Å². The molecule has 6 heteroatoms. The third-order valence-electron chi connectivity index (χ3n) is 4.20. The second kappa shape index (κ2) is 7.07. The summed E-state index contributed by atoms with van der Waals surface area (Å²) in [6.45, 7) is 2.00. The molecule has 2 aromatic carbocycles. The molecule has 25 heavy (non-hydrogen) atoms. The van der Waals surface area contributed by atoms with Gasteiger partial charge in [-0.1, -0.05) is 48.0 Å². The molecule has 2 amide bonds. The normalized spacial score (nSPS) is 17.5. The van der Waals surface area contributed by atoms with Crippen LogP contribution in [-0.4, -0.2) is 41.6 Å². The minimum Gasteiger partial charge on any atom is -0.322 e. The van der Waals surface area contributed by atoms with Gasteiger partial charge in [-0.2, -0.15) is 0 Å². The number of ketones is 1. The fourth-order valence-electron chi connectivity index (χ4n) is 2.86. The number of piperazine rings is 1. The molecule has 0 bridgehead atoms. The lowest BCUT2D eigenvalue weighted by Gasteiger charge is -2.39. The van der Waals surface area contributed by atoms with E-state index >= 15 is 0 Å². The Morgan fingerprint density at radius 3 is 2.48 bits per heavy atom. The maximum atomic E-state index is 12.5. The van der Waals surface area contributed by atoms with E-state index in [1.165, 1.54) is 4.90 Å². The summed E-state index contributed by atoms with van der Waals surface area (Å²) in [5.74, 6) is -1.50. The molecule has 0 N–H and O–H groups in total. The first-order chi connectivity index (χ1) is 12.0. The lowest BCUT2D eigenvalue weighted by atomic mass is 10.1. The van der Waals surface area contributed by atoms with Crippen molar-refractivity contribution in [2.75, 3.05) is 18.0 Å². The van der Waals surface area contributed by atoms with E-state index in [2.05, 4.69) is 0 Å². The first-order valence-corrected chi connectivity index (χ1v) is 8.31. The molecule has 0 spiro atoms. The van der Waals surface area contributed by atoms with E-state index in [1.54, 1.807) is 59.5 Å². The van der Waals surface area contributed by atoms with E-state index < -0.39 is 11.7 Å². The molecule has 1 atom stereocenters. The lowest BCUT2D eigenvalue weighted by Crippen LogP contribution is -2.58. The molecule has 1 aliphatic rings. The molecule has 5 nitrogen and oxygen atoms in total. The van der Waals surface area contributed by atoms with E-state index in [0.717, 1.165) is 0 Å². The zero-order valence-corrected chi connectivity index (χ0v) is 14.4. The summed E-state index contributed by atoms with van der Waals surface area (Å²) in [5.41, 5.74) is 1.01. The molecule has 0 saturated carbocycles. The molecule has 2 aromatic rings. The fourth-order valence-corrected chi connectivity index (χ4v) is 3.04. The Balaban J connectivity index is 1.77. The Hall–Kier alpha value is -2.66. The van der Waals surface area contributed by atoms with Gasteiger partial charge in [0.1, 0.15) is 6.54 Å². The van der Waals surface area contributed by atoms with Crippen molar-refractivity contribution < 1.29 is 14.4 Å². The van der Waals surface area contributed by atoms with E-state index in [9.17, 15) is 14.4 Å². The zero-order chi connectivity index (χ0) is 18.0. The van der Waals surface area contributed by atoms with Crippen LogP contribution in [0.25, 0.3) is 0 Å². The van der Waals surface area contributed by atoms with Crippen LogP contribution in [-0.2, 0) is 9.59 Å². The Morgan fingerprint density at radius 1 is 1.08 bits per heavy atom. The van der Waals surface area contributed by atoms with Crippen molar-refractivity contribution in [3.05, 3.63) is 65.2 Å². The molecule has 0 aromatic heterocycles. The highest BCUT2D eigenvalue weighted by molar-refractivity contribution is 6.43. The summed E-state index contributed by atoms with van der Waals surface area (Å²) >= 11 is 5.99. The van der Waals surface area contributed by atoms with Gasteiger partial charge in [0.2, 0.25) is 11.7 Å². The van der Waals surface area contributed by atoms with Crippen molar-refractivity contribution in [2.24, 2.45) is 0 Å². The molecule has 0 unspecified atom stereocenters. The number of benzene rings is 2. The minimum absolute atomic E-state index is 0.134. The van der Waals surface area contributed by atoms with Gasteiger partial charge in [-0.15, -0.1) is 0 Å². The van der Waals surface area contributed by atoms with Crippen LogP contribution in [0.5, 0.6) is 0 Å². The van der Waals surface area contributed by atoms with Crippen LogP contribution in [0.1, 0.15) is 17.3 Å². The highest BCUT2D eigenvalue weighted by Gasteiger charge is 2.36. The molecule has 0 radical (unpaired) electrons. The molecule has 3 rings (SSSR count). The molecule has 1 saturated heterocycles. The topological polar surface area (TPSA) is 57.7 Å². The van der Waals surface area contributed by atoms with Crippen LogP contribution in [0.2, 0.25) is 5.02 Å². The fraction of sp³-hybridized carbons (Fsp3) is 0.211. The summed E-state index contributed by atoms with van der Waals surface area (Å²) < 4.78 is 0. The van der Waals surface area contributed by atoms with Gasteiger partial charge < -0.3 is 9.80 Å². The monoisotopic (exact) mass is 356 g/mol. The SMILES string of the molecule is C[C@@H]1CN(c2cccc(Cl)c2)C(=O)CN1C(=O)C(=O)c1ccccc1. The first kappa shape index (κ1) is 17.2. The van der Waals surface area contributed by atoms with Crippen LogP contribution in [0.3, 0.4) is 0 Å². The summed E-state index contributed by atoms with van der Waals surface area (Å²) in [7, 11) is 0. The van der Waals surface area contributed by atoms with Crippen molar-refractivity contribution in [3.8, 4) is 0 Å². The largest absolute Gasteiger partial charge is 0.322 e. The van der Waals surface area contributed by atoms with Gasteiger partial charge in [0, 0.05) is 28.9 Å². The second-order valence-electron chi connectivity index (χ2n) is 5.96. The lowest BCUT2D eigenvalue weighted by molar-refractivity contribution is -0.135. The predicted molar refractivity (Wildman–Crippen MR) is 95.8 cm³/mol. The molecule has 1 aliphatic heterocycles. The standard InChI is InChI=1S/C19H17ClN2O3/c1-13-11-22(16-9-5-8-15(20)10-16)17(23)12-21(13)19(25)18(24)14-6-3-2-4-7-14/h2-10,13H,11-12H2,1H3/t13-/m1/s1. The van der Waals surface area contributed by atoms with Crippen molar-refractivity contribution in [1.29, 1.82) is 0 Å². The number of halogens is 1. The number of nitrogens with zero attached hydrogens (tertiary/aromatic N) is 2. The van der Waals surface area contributed by atoms with Crippen LogP contribution in [0.15, 0.2) is 54.6 Å². The summed E-state index contributed by atoms with van der Waals surface area (Å²) in [6.07, 6.45) is 0. The number of rotatable bonds is 3. The number of hydrogen-bond donors (Lipinski definition) is 0. The molecule has 128 valence electrons. The van der Waals surface area contributed by atoms with Gasteiger partial charge in [-0.05, 0) is 25.1 Å². The maximum Gasteiger partial charge on any atom is 0.295 e. The average Bonchev–Trinajstić information content (AvgIpc) is 2.63. The van der Waals surface area contributed by atoms with Gasteiger partial charge in [0.25, 0.3) is 5.91 Å². The summed E-state index contributed by atoms with van der Waals surface area (Å²) in [6, 6.07) is 15.1. The highest BCUT2D eigenvalue weighted by atomic mass is 35.5. The van der Waals surface area contributed by atoms with Crippen LogP contribution >= 0.6 is 11.6 Å². The minimum atomic E-state index is -0.655. The number of carbonyl (C=O) groups is 3. The van der Waals surface area contributed by atoms with Crippen LogP contribution in [0, 0.1) is 0 Å².